The molecule has 0 amide bonds. The maximum atomic E-state index is 9.93. The van der Waals surface area contributed by atoms with Crippen molar-refractivity contribution in [1.82, 2.24) is 5.32 Å². The van der Waals surface area contributed by atoms with Crippen molar-refractivity contribution in [3.63, 3.8) is 0 Å². The number of hydrogen-bond acceptors (Lipinski definition) is 3. The summed E-state index contributed by atoms with van der Waals surface area (Å²) in [4.78, 5) is 0. The van der Waals surface area contributed by atoms with Crippen LogP contribution in [0.5, 0.6) is 5.75 Å². The SMILES string of the molecule is Cc1ccc(NC(C)CC2CCCN2)c(C)c1O. The summed E-state index contributed by atoms with van der Waals surface area (Å²) in [6.07, 6.45) is 3.71. The zero-order valence-electron chi connectivity index (χ0n) is 11.6. The molecule has 0 aromatic heterocycles. The molecule has 1 aromatic rings. The fourth-order valence-corrected chi connectivity index (χ4v) is 2.70. The van der Waals surface area contributed by atoms with E-state index in [2.05, 4.69) is 23.6 Å². The topological polar surface area (TPSA) is 44.3 Å². The predicted molar refractivity (Wildman–Crippen MR) is 76.3 cm³/mol. The highest BCUT2D eigenvalue weighted by atomic mass is 16.3. The van der Waals surface area contributed by atoms with Gasteiger partial charge in [0, 0.05) is 23.3 Å². The summed E-state index contributed by atoms with van der Waals surface area (Å²) in [6, 6.07) is 5.09. The molecule has 0 saturated carbocycles. The standard InChI is InChI=1S/C15H24N2O/c1-10-6-7-14(12(3)15(10)18)17-11(2)9-13-5-4-8-16-13/h6-7,11,13,16-18H,4-5,8-9H2,1-3H3. The molecule has 1 aliphatic rings. The molecule has 1 aliphatic heterocycles. The second-order valence-corrected chi connectivity index (χ2v) is 5.48. The summed E-state index contributed by atoms with van der Waals surface area (Å²) in [5, 5.41) is 17.0. The van der Waals surface area contributed by atoms with Crippen LogP contribution in [0.25, 0.3) is 0 Å². The van der Waals surface area contributed by atoms with Crippen LogP contribution in [0.4, 0.5) is 5.69 Å². The van der Waals surface area contributed by atoms with Crippen molar-refractivity contribution in [3.8, 4) is 5.75 Å². The molecular formula is C15H24N2O. The quantitative estimate of drug-likeness (QED) is 0.767. The molecule has 2 rings (SSSR count). The van der Waals surface area contributed by atoms with Crippen molar-refractivity contribution in [1.29, 1.82) is 0 Å². The molecule has 2 unspecified atom stereocenters. The van der Waals surface area contributed by atoms with Gasteiger partial charge in [-0.1, -0.05) is 6.07 Å². The molecule has 1 fully saturated rings. The number of rotatable bonds is 4. The smallest absolute Gasteiger partial charge is 0.123 e. The molecule has 18 heavy (non-hydrogen) atoms. The Kier molecular flexibility index (Phi) is 4.12. The van der Waals surface area contributed by atoms with Crippen molar-refractivity contribution < 1.29 is 5.11 Å². The summed E-state index contributed by atoms with van der Waals surface area (Å²) in [5.41, 5.74) is 2.92. The molecule has 3 heteroatoms. The average Bonchev–Trinajstić information content (AvgIpc) is 2.83. The van der Waals surface area contributed by atoms with Crippen LogP contribution in [0.3, 0.4) is 0 Å². The van der Waals surface area contributed by atoms with E-state index in [0.717, 1.165) is 29.8 Å². The second kappa shape index (κ2) is 5.61. The normalized spacial score (nSPS) is 20.9. The molecule has 1 heterocycles. The van der Waals surface area contributed by atoms with E-state index in [-0.39, 0.29) is 0 Å². The Morgan fingerprint density at radius 2 is 2.22 bits per heavy atom. The number of aromatic hydroxyl groups is 1. The number of anilines is 1. The minimum absolute atomic E-state index is 0.409. The maximum Gasteiger partial charge on any atom is 0.123 e. The number of phenolic OH excluding ortho intramolecular Hbond substituents is 1. The lowest BCUT2D eigenvalue weighted by molar-refractivity contribution is 0.467. The highest BCUT2D eigenvalue weighted by Crippen LogP contribution is 2.28. The van der Waals surface area contributed by atoms with Crippen molar-refractivity contribution in [3.05, 3.63) is 23.3 Å². The number of hydrogen-bond donors (Lipinski definition) is 3. The van der Waals surface area contributed by atoms with E-state index >= 15 is 0 Å². The van der Waals surface area contributed by atoms with Crippen LogP contribution >= 0.6 is 0 Å². The molecule has 0 aliphatic carbocycles. The minimum Gasteiger partial charge on any atom is -0.507 e. The van der Waals surface area contributed by atoms with Crippen molar-refractivity contribution in [2.45, 2.75) is 52.1 Å². The average molecular weight is 248 g/mol. The van der Waals surface area contributed by atoms with E-state index in [1.165, 1.54) is 12.8 Å². The molecular weight excluding hydrogens is 224 g/mol. The van der Waals surface area contributed by atoms with Gasteiger partial charge in [0.15, 0.2) is 0 Å². The third kappa shape index (κ3) is 2.96. The van der Waals surface area contributed by atoms with Crippen LogP contribution in [-0.2, 0) is 0 Å². The molecule has 0 spiro atoms. The summed E-state index contributed by atoms with van der Waals surface area (Å²) < 4.78 is 0. The van der Waals surface area contributed by atoms with E-state index in [1.807, 2.05) is 19.9 Å². The summed E-state index contributed by atoms with van der Waals surface area (Å²) in [6.45, 7) is 7.25. The first kappa shape index (κ1) is 13.2. The van der Waals surface area contributed by atoms with Gasteiger partial charge in [-0.2, -0.15) is 0 Å². The lowest BCUT2D eigenvalue weighted by Gasteiger charge is -2.21. The lowest BCUT2D eigenvalue weighted by atomic mass is 10.0. The van der Waals surface area contributed by atoms with Crippen molar-refractivity contribution in [2.75, 3.05) is 11.9 Å². The van der Waals surface area contributed by atoms with Gasteiger partial charge >= 0.3 is 0 Å². The Morgan fingerprint density at radius 3 is 2.89 bits per heavy atom. The first-order valence-electron chi connectivity index (χ1n) is 6.87. The first-order valence-corrected chi connectivity index (χ1v) is 6.87. The minimum atomic E-state index is 0.409. The molecule has 1 saturated heterocycles. The predicted octanol–water partition coefficient (Wildman–Crippen LogP) is 2.95. The van der Waals surface area contributed by atoms with Gasteiger partial charge in [-0.25, -0.2) is 0 Å². The van der Waals surface area contributed by atoms with Crippen LogP contribution in [0, 0.1) is 13.8 Å². The monoisotopic (exact) mass is 248 g/mol. The highest BCUT2D eigenvalue weighted by molar-refractivity contribution is 5.59. The molecule has 0 radical (unpaired) electrons. The number of aryl methyl sites for hydroxylation is 1. The van der Waals surface area contributed by atoms with Crippen LogP contribution in [0.1, 0.15) is 37.3 Å². The molecule has 3 N–H and O–H groups in total. The second-order valence-electron chi connectivity index (χ2n) is 5.48. The number of phenols is 1. The summed E-state index contributed by atoms with van der Waals surface area (Å²) in [7, 11) is 0. The van der Waals surface area contributed by atoms with Gasteiger partial charge in [0.05, 0.1) is 0 Å². The maximum absolute atomic E-state index is 9.93. The Balaban J connectivity index is 1.98. The van der Waals surface area contributed by atoms with Gasteiger partial charge in [-0.05, 0) is 58.2 Å². The van der Waals surface area contributed by atoms with Gasteiger partial charge in [-0.3, -0.25) is 0 Å². The largest absolute Gasteiger partial charge is 0.507 e. The Hall–Kier alpha value is -1.22. The lowest BCUT2D eigenvalue weighted by Crippen LogP contribution is -2.29. The van der Waals surface area contributed by atoms with Gasteiger partial charge in [0.2, 0.25) is 0 Å². The van der Waals surface area contributed by atoms with Crippen LogP contribution in [0.15, 0.2) is 12.1 Å². The fourth-order valence-electron chi connectivity index (χ4n) is 2.70. The molecule has 2 atom stereocenters. The van der Waals surface area contributed by atoms with Gasteiger partial charge in [0.1, 0.15) is 5.75 Å². The Morgan fingerprint density at radius 1 is 1.44 bits per heavy atom. The summed E-state index contributed by atoms with van der Waals surface area (Å²) in [5.74, 6) is 0.409. The van der Waals surface area contributed by atoms with Crippen LogP contribution in [0.2, 0.25) is 0 Å². The van der Waals surface area contributed by atoms with Gasteiger partial charge < -0.3 is 15.7 Å². The zero-order valence-corrected chi connectivity index (χ0v) is 11.6. The van der Waals surface area contributed by atoms with E-state index in [9.17, 15) is 5.11 Å². The molecule has 3 nitrogen and oxygen atoms in total. The van der Waals surface area contributed by atoms with E-state index < -0.39 is 0 Å². The Labute approximate surface area is 110 Å². The molecule has 1 aromatic carbocycles. The number of benzene rings is 1. The van der Waals surface area contributed by atoms with Crippen molar-refractivity contribution >= 4 is 5.69 Å². The van der Waals surface area contributed by atoms with Crippen LogP contribution < -0.4 is 10.6 Å². The summed E-state index contributed by atoms with van der Waals surface area (Å²) >= 11 is 0. The zero-order chi connectivity index (χ0) is 13.1. The van der Waals surface area contributed by atoms with Crippen molar-refractivity contribution in [2.24, 2.45) is 0 Å². The Bertz CT molecular complexity index is 411. The van der Waals surface area contributed by atoms with Crippen LogP contribution in [-0.4, -0.2) is 23.7 Å². The highest BCUT2D eigenvalue weighted by Gasteiger charge is 2.17. The van der Waals surface area contributed by atoms with E-state index in [4.69, 9.17) is 0 Å². The van der Waals surface area contributed by atoms with E-state index in [0.29, 0.717) is 17.8 Å². The van der Waals surface area contributed by atoms with Gasteiger partial charge in [-0.15, -0.1) is 0 Å². The third-order valence-corrected chi connectivity index (χ3v) is 3.84. The van der Waals surface area contributed by atoms with Gasteiger partial charge in [0.25, 0.3) is 0 Å². The third-order valence-electron chi connectivity index (χ3n) is 3.84. The number of nitrogens with one attached hydrogen (secondary N) is 2. The fraction of sp³-hybridized carbons (Fsp3) is 0.600. The molecule has 100 valence electrons. The first-order chi connectivity index (χ1) is 8.58. The molecule has 0 bridgehead atoms. The van der Waals surface area contributed by atoms with E-state index in [1.54, 1.807) is 0 Å².